The third-order valence-electron chi connectivity index (χ3n) is 3.37. The van der Waals surface area contributed by atoms with Crippen LogP contribution in [-0.2, 0) is 6.54 Å². The van der Waals surface area contributed by atoms with Crippen LogP contribution in [0.1, 0.15) is 38.8 Å². The van der Waals surface area contributed by atoms with Crippen LogP contribution in [0.15, 0.2) is 18.2 Å². The Morgan fingerprint density at radius 1 is 1.47 bits per heavy atom. The average Bonchev–Trinajstić information content (AvgIpc) is 2.76. The summed E-state index contributed by atoms with van der Waals surface area (Å²) in [5.41, 5.74) is 1.15. The Kier molecular flexibility index (Phi) is 4.37. The second kappa shape index (κ2) is 6.01. The minimum absolute atomic E-state index is 0.640. The molecule has 1 aromatic heterocycles. The maximum absolute atomic E-state index is 4.74. The zero-order valence-electron chi connectivity index (χ0n) is 10.9. The van der Waals surface area contributed by atoms with Crippen LogP contribution < -0.4 is 10.2 Å². The third-order valence-corrected chi connectivity index (χ3v) is 3.37. The van der Waals surface area contributed by atoms with Crippen LogP contribution >= 0.6 is 0 Å². The second-order valence-electron chi connectivity index (χ2n) is 4.85. The maximum Gasteiger partial charge on any atom is 0.129 e. The summed E-state index contributed by atoms with van der Waals surface area (Å²) in [7, 11) is 0. The van der Waals surface area contributed by atoms with Gasteiger partial charge in [0, 0.05) is 19.1 Å². The van der Waals surface area contributed by atoms with Crippen molar-refractivity contribution in [2.24, 2.45) is 0 Å². The quantitative estimate of drug-likeness (QED) is 0.792. The van der Waals surface area contributed by atoms with Crippen molar-refractivity contribution in [3.63, 3.8) is 0 Å². The number of hydrogen-bond acceptors (Lipinski definition) is 3. The fourth-order valence-electron chi connectivity index (χ4n) is 2.39. The predicted molar refractivity (Wildman–Crippen MR) is 72.3 cm³/mol. The molecule has 0 saturated carbocycles. The molecule has 1 fully saturated rings. The first-order chi connectivity index (χ1) is 8.31. The van der Waals surface area contributed by atoms with Crippen molar-refractivity contribution in [3.05, 3.63) is 23.9 Å². The van der Waals surface area contributed by atoms with Crippen LogP contribution in [0.3, 0.4) is 0 Å². The largest absolute Gasteiger partial charge is 0.354 e. The molecule has 1 unspecified atom stereocenters. The van der Waals surface area contributed by atoms with E-state index in [1.54, 1.807) is 0 Å². The lowest BCUT2D eigenvalue weighted by molar-refractivity contribution is 0.661. The van der Waals surface area contributed by atoms with Crippen molar-refractivity contribution >= 4 is 5.82 Å². The lowest BCUT2D eigenvalue weighted by atomic mass is 10.2. The Morgan fingerprint density at radius 2 is 2.35 bits per heavy atom. The van der Waals surface area contributed by atoms with E-state index in [9.17, 15) is 0 Å². The Morgan fingerprint density at radius 3 is 3.06 bits per heavy atom. The zero-order chi connectivity index (χ0) is 12.1. The summed E-state index contributed by atoms with van der Waals surface area (Å²) in [5.74, 6) is 1.14. The predicted octanol–water partition coefficient (Wildman–Crippen LogP) is 2.57. The molecule has 0 aliphatic carbocycles. The summed E-state index contributed by atoms with van der Waals surface area (Å²) in [6.07, 6.45) is 3.75. The molecule has 1 aliphatic rings. The van der Waals surface area contributed by atoms with Gasteiger partial charge in [0.1, 0.15) is 5.82 Å². The van der Waals surface area contributed by atoms with Crippen molar-refractivity contribution < 1.29 is 0 Å². The maximum atomic E-state index is 4.74. The minimum Gasteiger partial charge on any atom is -0.354 e. The molecule has 94 valence electrons. The number of anilines is 1. The van der Waals surface area contributed by atoms with E-state index >= 15 is 0 Å². The third kappa shape index (κ3) is 3.19. The molecule has 2 heterocycles. The smallest absolute Gasteiger partial charge is 0.129 e. The first kappa shape index (κ1) is 12.4. The van der Waals surface area contributed by atoms with Crippen LogP contribution in [0.2, 0.25) is 0 Å². The summed E-state index contributed by atoms with van der Waals surface area (Å²) in [4.78, 5) is 7.16. The fourth-order valence-corrected chi connectivity index (χ4v) is 2.39. The van der Waals surface area contributed by atoms with E-state index in [-0.39, 0.29) is 0 Å². The summed E-state index contributed by atoms with van der Waals surface area (Å²) in [6, 6.07) is 7.00. The normalized spacial score (nSPS) is 19.9. The van der Waals surface area contributed by atoms with Gasteiger partial charge >= 0.3 is 0 Å². The van der Waals surface area contributed by atoms with Crippen LogP contribution in [0.25, 0.3) is 0 Å². The molecule has 1 aromatic rings. The van der Waals surface area contributed by atoms with Crippen LogP contribution in [0, 0.1) is 0 Å². The molecule has 3 nitrogen and oxygen atoms in total. The van der Waals surface area contributed by atoms with Gasteiger partial charge in [-0.1, -0.05) is 13.0 Å². The standard InChI is InChI=1S/C14H23N3/c1-3-9-15-11-13-7-4-8-14(16-13)17-10-5-6-12(17)2/h4,7-8,12,15H,3,5-6,9-11H2,1-2H3. The Balaban J connectivity index is 2.00. The van der Waals surface area contributed by atoms with Crippen molar-refractivity contribution in [3.8, 4) is 0 Å². The summed E-state index contributed by atoms with van der Waals surface area (Å²) in [5, 5.41) is 3.40. The molecule has 17 heavy (non-hydrogen) atoms. The Bertz CT molecular complexity index is 351. The lowest BCUT2D eigenvalue weighted by Gasteiger charge is -2.22. The van der Waals surface area contributed by atoms with E-state index in [0.29, 0.717) is 6.04 Å². The molecule has 0 spiro atoms. The first-order valence-corrected chi connectivity index (χ1v) is 6.74. The zero-order valence-corrected chi connectivity index (χ0v) is 10.9. The van der Waals surface area contributed by atoms with E-state index in [1.165, 1.54) is 19.3 Å². The van der Waals surface area contributed by atoms with Gasteiger partial charge in [-0.05, 0) is 44.9 Å². The number of pyridine rings is 1. The molecule has 1 N–H and O–H groups in total. The topological polar surface area (TPSA) is 28.2 Å². The highest BCUT2D eigenvalue weighted by molar-refractivity contribution is 5.41. The van der Waals surface area contributed by atoms with Gasteiger partial charge in [-0.2, -0.15) is 0 Å². The molecule has 1 saturated heterocycles. The first-order valence-electron chi connectivity index (χ1n) is 6.74. The molecule has 0 amide bonds. The molecule has 1 aliphatic heterocycles. The summed E-state index contributed by atoms with van der Waals surface area (Å²) < 4.78 is 0. The van der Waals surface area contributed by atoms with Gasteiger partial charge in [0.05, 0.1) is 5.69 Å². The molecular formula is C14H23N3. The Labute approximate surface area is 104 Å². The van der Waals surface area contributed by atoms with Crippen molar-refractivity contribution in [1.29, 1.82) is 0 Å². The summed E-state index contributed by atoms with van der Waals surface area (Å²) >= 11 is 0. The highest BCUT2D eigenvalue weighted by Gasteiger charge is 2.21. The van der Waals surface area contributed by atoms with Gasteiger partial charge in [-0.3, -0.25) is 0 Å². The molecule has 1 atom stereocenters. The van der Waals surface area contributed by atoms with Crippen molar-refractivity contribution in [2.75, 3.05) is 18.0 Å². The SMILES string of the molecule is CCCNCc1cccc(N2CCCC2C)n1. The monoisotopic (exact) mass is 233 g/mol. The van der Waals surface area contributed by atoms with Crippen LogP contribution in [0.5, 0.6) is 0 Å². The molecule has 0 bridgehead atoms. The number of aromatic nitrogens is 1. The van der Waals surface area contributed by atoms with Crippen LogP contribution in [0.4, 0.5) is 5.82 Å². The Hall–Kier alpha value is -1.09. The van der Waals surface area contributed by atoms with Gasteiger partial charge in [-0.15, -0.1) is 0 Å². The molecule has 2 rings (SSSR count). The number of nitrogens with zero attached hydrogens (tertiary/aromatic N) is 2. The molecule has 3 heteroatoms. The van der Waals surface area contributed by atoms with Gasteiger partial charge in [0.2, 0.25) is 0 Å². The van der Waals surface area contributed by atoms with Gasteiger partial charge in [0.15, 0.2) is 0 Å². The molecule has 0 aromatic carbocycles. The van der Waals surface area contributed by atoms with E-state index in [0.717, 1.165) is 31.1 Å². The second-order valence-corrected chi connectivity index (χ2v) is 4.85. The van der Waals surface area contributed by atoms with Gasteiger partial charge in [-0.25, -0.2) is 4.98 Å². The highest BCUT2D eigenvalue weighted by atomic mass is 15.2. The van der Waals surface area contributed by atoms with E-state index in [2.05, 4.69) is 42.3 Å². The van der Waals surface area contributed by atoms with Crippen molar-refractivity contribution in [1.82, 2.24) is 10.3 Å². The summed E-state index contributed by atoms with van der Waals surface area (Å²) in [6.45, 7) is 7.56. The average molecular weight is 233 g/mol. The van der Waals surface area contributed by atoms with Gasteiger partial charge < -0.3 is 10.2 Å². The van der Waals surface area contributed by atoms with E-state index in [4.69, 9.17) is 4.98 Å². The number of hydrogen-bond donors (Lipinski definition) is 1. The van der Waals surface area contributed by atoms with Gasteiger partial charge in [0.25, 0.3) is 0 Å². The van der Waals surface area contributed by atoms with Crippen LogP contribution in [-0.4, -0.2) is 24.1 Å². The van der Waals surface area contributed by atoms with E-state index in [1.807, 2.05) is 0 Å². The highest BCUT2D eigenvalue weighted by Crippen LogP contribution is 2.23. The minimum atomic E-state index is 0.640. The molecule has 0 radical (unpaired) electrons. The molecular weight excluding hydrogens is 210 g/mol. The van der Waals surface area contributed by atoms with E-state index < -0.39 is 0 Å². The fraction of sp³-hybridized carbons (Fsp3) is 0.643. The lowest BCUT2D eigenvalue weighted by Crippen LogP contribution is -2.27. The van der Waals surface area contributed by atoms with Crippen molar-refractivity contribution in [2.45, 2.75) is 45.7 Å². The number of rotatable bonds is 5. The number of nitrogens with one attached hydrogen (secondary N) is 1.